The molecule has 0 unspecified atom stereocenters. The molecule has 2 heterocycles. The van der Waals surface area contributed by atoms with E-state index in [1.807, 2.05) is 7.05 Å². The van der Waals surface area contributed by atoms with Gasteiger partial charge in [-0.25, -0.2) is 4.99 Å². The van der Waals surface area contributed by atoms with Crippen molar-refractivity contribution in [3.63, 3.8) is 0 Å². The van der Waals surface area contributed by atoms with E-state index >= 15 is 0 Å². The Hall–Kier alpha value is -1.99. The van der Waals surface area contributed by atoms with E-state index in [1.165, 1.54) is 37.7 Å². The van der Waals surface area contributed by atoms with Gasteiger partial charge in [0.1, 0.15) is 11.6 Å². The fourth-order valence-electron chi connectivity index (χ4n) is 4.46. The lowest BCUT2D eigenvalue weighted by molar-refractivity contribution is 0.303. The summed E-state index contributed by atoms with van der Waals surface area (Å²) in [4.78, 5) is 7.30. The monoisotopic (exact) mass is 337 g/mol. The Balaban J connectivity index is 1.63. The van der Waals surface area contributed by atoms with Crippen molar-refractivity contribution >= 4 is 11.5 Å². The third kappa shape index (κ3) is 2.62. The summed E-state index contributed by atoms with van der Waals surface area (Å²) in [6.07, 6.45) is 6.17. The molecule has 1 saturated carbocycles. The van der Waals surface area contributed by atoms with Gasteiger partial charge in [0.2, 0.25) is 0 Å². The van der Waals surface area contributed by atoms with Gasteiger partial charge in [0, 0.05) is 13.1 Å². The highest BCUT2D eigenvalue weighted by Gasteiger charge is 2.48. The first kappa shape index (κ1) is 16.5. The lowest BCUT2D eigenvalue weighted by Gasteiger charge is -2.40. The minimum Gasteiger partial charge on any atom is -0.495 e. The molecule has 0 radical (unpaired) electrons. The number of hydrogen-bond acceptors (Lipinski definition) is 4. The Labute approximate surface area is 150 Å². The minimum atomic E-state index is 0.0916. The molecule has 1 N–H and O–H groups in total. The van der Waals surface area contributed by atoms with Crippen molar-refractivity contribution in [2.24, 2.45) is 4.99 Å². The van der Waals surface area contributed by atoms with E-state index in [0.29, 0.717) is 6.04 Å². The van der Waals surface area contributed by atoms with Crippen LogP contribution in [0.25, 0.3) is 0 Å². The number of nitrogens with zero attached hydrogens (tertiary/aromatic N) is 2. The Kier molecular flexibility index (Phi) is 4.21. The summed E-state index contributed by atoms with van der Waals surface area (Å²) in [6.45, 7) is 4.28. The molecule has 3 aliphatic rings. The molecule has 4 heteroatoms. The summed E-state index contributed by atoms with van der Waals surface area (Å²) >= 11 is 0. The highest BCUT2D eigenvalue weighted by Crippen LogP contribution is 2.53. The molecular weight excluding hydrogens is 310 g/mol. The number of hydrogen-bond donors (Lipinski definition) is 1. The topological polar surface area (TPSA) is 36.9 Å². The van der Waals surface area contributed by atoms with Gasteiger partial charge in [-0.3, -0.25) is 4.90 Å². The summed E-state index contributed by atoms with van der Waals surface area (Å²) in [5.41, 5.74) is 3.40. The van der Waals surface area contributed by atoms with E-state index in [1.54, 1.807) is 7.11 Å². The largest absolute Gasteiger partial charge is 0.495 e. The highest BCUT2D eigenvalue weighted by molar-refractivity contribution is 6.01. The maximum absolute atomic E-state index is 5.66. The van der Waals surface area contributed by atoms with Gasteiger partial charge in [-0.1, -0.05) is 18.3 Å². The number of rotatable bonds is 2. The van der Waals surface area contributed by atoms with Gasteiger partial charge in [-0.2, -0.15) is 0 Å². The van der Waals surface area contributed by atoms with Crippen LogP contribution in [-0.2, 0) is 5.41 Å². The quantitative estimate of drug-likeness (QED) is 0.842. The molecule has 2 aliphatic heterocycles. The zero-order valence-corrected chi connectivity index (χ0v) is 15.5. The number of amidine groups is 1. The molecule has 1 saturated heterocycles. The van der Waals surface area contributed by atoms with Crippen LogP contribution in [0.4, 0.5) is 5.69 Å². The van der Waals surface area contributed by atoms with Crippen molar-refractivity contribution in [2.45, 2.75) is 50.5 Å². The van der Waals surface area contributed by atoms with Crippen molar-refractivity contribution < 1.29 is 4.74 Å². The van der Waals surface area contributed by atoms with Crippen molar-refractivity contribution in [3.8, 4) is 17.6 Å². The summed E-state index contributed by atoms with van der Waals surface area (Å²) in [5, 5.41) is 3.31. The van der Waals surface area contributed by atoms with E-state index in [2.05, 4.69) is 41.1 Å². The van der Waals surface area contributed by atoms with Crippen molar-refractivity contribution in [1.29, 1.82) is 0 Å². The van der Waals surface area contributed by atoms with E-state index < -0.39 is 0 Å². The van der Waals surface area contributed by atoms with Crippen LogP contribution in [0.2, 0.25) is 0 Å². The first-order chi connectivity index (χ1) is 12.2. The smallest absolute Gasteiger partial charge is 0.134 e. The predicted octanol–water partition coefficient (Wildman–Crippen LogP) is 3.22. The fourth-order valence-corrected chi connectivity index (χ4v) is 4.46. The Bertz CT molecular complexity index is 767. The van der Waals surface area contributed by atoms with Gasteiger partial charge in [0.25, 0.3) is 0 Å². The SMILES string of the molecule is CNC1=Nc2cc(C#CCN3CCC[C@H]3C)c(OC)cc2C12CCC2. The Morgan fingerprint density at radius 3 is 2.80 bits per heavy atom. The van der Waals surface area contributed by atoms with Gasteiger partial charge in [-0.15, -0.1) is 0 Å². The molecule has 1 aromatic carbocycles. The summed E-state index contributed by atoms with van der Waals surface area (Å²) in [7, 11) is 3.71. The van der Waals surface area contributed by atoms with Crippen LogP contribution in [0.1, 0.15) is 50.2 Å². The van der Waals surface area contributed by atoms with E-state index in [-0.39, 0.29) is 5.41 Å². The summed E-state index contributed by atoms with van der Waals surface area (Å²) in [5.74, 6) is 8.66. The molecule has 4 nitrogen and oxygen atoms in total. The van der Waals surface area contributed by atoms with Gasteiger partial charge < -0.3 is 10.1 Å². The molecule has 1 aliphatic carbocycles. The first-order valence-corrected chi connectivity index (χ1v) is 9.40. The molecule has 0 amide bonds. The average Bonchev–Trinajstić information content (AvgIpc) is 3.14. The first-order valence-electron chi connectivity index (χ1n) is 9.40. The zero-order valence-electron chi connectivity index (χ0n) is 15.5. The van der Waals surface area contributed by atoms with Crippen molar-refractivity contribution in [1.82, 2.24) is 10.2 Å². The fraction of sp³-hybridized carbons (Fsp3) is 0.571. The molecule has 132 valence electrons. The molecular formula is C21H27N3O. The van der Waals surface area contributed by atoms with Gasteiger partial charge >= 0.3 is 0 Å². The molecule has 1 aromatic rings. The minimum absolute atomic E-state index is 0.0916. The summed E-state index contributed by atoms with van der Waals surface area (Å²) < 4.78 is 5.66. The number of benzene rings is 1. The number of methoxy groups -OCH3 is 1. The summed E-state index contributed by atoms with van der Waals surface area (Å²) in [6, 6.07) is 4.93. The van der Waals surface area contributed by atoms with E-state index in [9.17, 15) is 0 Å². The third-order valence-corrected chi connectivity index (χ3v) is 6.16. The van der Waals surface area contributed by atoms with Crippen LogP contribution >= 0.6 is 0 Å². The van der Waals surface area contributed by atoms with Gasteiger partial charge in [0.05, 0.1) is 30.3 Å². The van der Waals surface area contributed by atoms with E-state index in [4.69, 9.17) is 9.73 Å². The van der Waals surface area contributed by atoms with Gasteiger partial charge in [-0.05, 0) is 56.8 Å². The maximum Gasteiger partial charge on any atom is 0.134 e. The van der Waals surface area contributed by atoms with Crippen LogP contribution in [0.5, 0.6) is 5.75 Å². The Morgan fingerprint density at radius 2 is 2.20 bits per heavy atom. The molecule has 2 fully saturated rings. The number of nitrogens with one attached hydrogen (secondary N) is 1. The van der Waals surface area contributed by atoms with Crippen LogP contribution in [0, 0.1) is 11.8 Å². The number of aliphatic imine (C=N–C) groups is 1. The van der Waals surface area contributed by atoms with Crippen LogP contribution < -0.4 is 10.1 Å². The number of fused-ring (bicyclic) bond motifs is 2. The third-order valence-electron chi connectivity index (χ3n) is 6.16. The molecule has 1 spiro atoms. The second-order valence-electron chi connectivity index (χ2n) is 7.48. The van der Waals surface area contributed by atoms with Crippen LogP contribution in [0.3, 0.4) is 0 Å². The van der Waals surface area contributed by atoms with Crippen LogP contribution in [0.15, 0.2) is 17.1 Å². The number of ether oxygens (including phenoxy) is 1. The van der Waals surface area contributed by atoms with Crippen molar-refractivity contribution in [2.75, 3.05) is 27.2 Å². The average molecular weight is 337 g/mol. The maximum atomic E-state index is 5.66. The number of likely N-dealkylation sites (N-methyl/N-ethyl adjacent to an activating group) is 1. The molecule has 25 heavy (non-hydrogen) atoms. The van der Waals surface area contributed by atoms with Gasteiger partial charge in [0.15, 0.2) is 0 Å². The molecule has 4 rings (SSSR count). The highest BCUT2D eigenvalue weighted by atomic mass is 16.5. The molecule has 0 aromatic heterocycles. The van der Waals surface area contributed by atoms with E-state index in [0.717, 1.165) is 35.9 Å². The normalized spacial score (nSPS) is 23.5. The molecule has 1 atom stereocenters. The van der Waals surface area contributed by atoms with Crippen LogP contribution in [-0.4, -0.2) is 44.0 Å². The lowest BCUT2D eigenvalue weighted by atomic mass is 9.64. The second kappa shape index (κ2) is 6.38. The van der Waals surface area contributed by atoms with Crippen molar-refractivity contribution in [3.05, 3.63) is 23.3 Å². The Morgan fingerprint density at radius 1 is 1.36 bits per heavy atom. The standard InChI is InChI=1S/C21H27N3O/c1-15-7-4-11-24(15)12-5-8-16-13-18-17(14-19(16)25-3)21(9-6-10-21)20(22-2)23-18/h13-15H,4,6-7,9-12H2,1-3H3,(H,22,23)/t15-/m1/s1. The lowest BCUT2D eigenvalue weighted by Crippen LogP contribution is -2.45. The second-order valence-corrected chi connectivity index (χ2v) is 7.48. The number of likely N-dealkylation sites (tertiary alicyclic amines) is 1. The molecule has 0 bridgehead atoms. The predicted molar refractivity (Wildman–Crippen MR) is 102 cm³/mol. The zero-order chi connectivity index (χ0) is 17.4.